The van der Waals surface area contributed by atoms with Crippen LogP contribution >= 0.6 is 0 Å². The second kappa shape index (κ2) is 5.54. The van der Waals surface area contributed by atoms with E-state index in [4.69, 9.17) is 5.73 Å². The van der Waals surface area contributed by atoms with Crippen LogP contribution in [0.15, 0.2) is 18.2 Å². The van der Waals surface area contributed by atoms with Crippen LogP contribution < -0.4 is 5.73 Å². The summed E-state index contributed by atoms with van der Waals surface area (Å²) in [6, 6.07) is 6.36. The minimum absolute atomic E-state index is 0.915. The van der Waals surface area contributed by atoms with E-state index in [2.05, 4.69) is 24.0 Å². The van der Waals surface area contributed by atoms with E-state index in [-0.39, 0.29) is 0 Å². The molecule has 1 heterocycles. The number of anilines is 1. The first-order chi connectivity index (χ1) is 9.26. The number of fused-ring (bicyclic) bond motifs is 1. The van der Waals surface area contributed by atoms with Gasteiger partial charge in [0.1, 0.15) is 0 Å². The Labute approximate surface area is 117 Å². The highest BCUT2D eigenvalue weighted by Gasteiger charge is 2.26. The van der Waals surface area contributed by atoms with E-state index in [1.165, 1.54) is 49.8 Å². The van der Waals surface area contributed by atoms with Gasteiger partial charge in [-0.2, -0.15) is 0 Å². The van der Waals surface area contributed by atoms with E-state index in [1.54, 1.807) is 0 Å². The van der Waals surface area contributed by atoms with Crippen LogP contribution in [0.5, 0.6) is 0 Å². The van der Waals surface area contributed by atoms with Gasteiger partial charge in [0.05, 0.1) is 0 Å². The van der Waals surface area contributed by atoms with Gasteiger partial charge >= 0.3 is 0 Å². The smallest absolute Gasteiger partial charge is 0.0363 e. The highest BCUT2D eigenvalue weighted by atomic mass is 15.1. The van der Waals surface area contributed by atoms with E-state index in [0.717, 1.165) is 30.6 Å². The topological polar surface area (TPSA) is 29.3 Å². The third-order valence-electron chi connectivity index (χ3n) is 5.15. The molecule has 0 atom stereocenters. The number of rotatable bonds is 3. The van der Waals surface area contributed by atoms with Crippen molar-refractivity contribution in [3.8, 4) is 0 Å². The Kier molecular flexibility index (Phi) is 3.79. The molecule has 0 saturated heterocycles. The van der Waals surface area contributed by atoms with Crippen LogP contribution in [-0.4, -0.2) is 11.4 Å². The highest BCUT2D eigenvalue weighted by Crippen LogP contribution is 2.33. The summed E-state index contributed by atoms with van der Waals surface area (Å²) >= 11 is 0. The molecule has 104 valence electrons. The molecule has 0 bridgehead atoms. The monoisotopic (exact) mass is 258 g/mol. The maximum atomic E-state index is 6.08. The van der Waals surface area contributed by atoms with Gasteiger partial charge in [0.15, 0.2) is 0 Å². The number of nitrogen functional groups attached to an aromatic ring is 1. The van der Waals surface area contributed by atoms with Crippen molar-refractivity contribution in [3.63, 3.8) is 0 Å². The molecule has 1 aromatic carbocycles. The zero-order valence-corrected chi connectivity index (χ0v) is 12.1. The van der Waals surface area contributed by atoms with Crippen molar-refractivity contribution in [1.82, 2.24) is 4.90 Å². The molecule has 0 unspecified atom stereocenters. The van der Waals surface area contributed by atoms with Crippen LogP contribution in [0.2, 0.25) is 0 Å². The van der Waals surface area contributed by atoms with E-state index in [0.29, 0.717) is 0 Å². The van der Waals surface area contributed by atoms with Crippen LogP contribution in [0.3, 0.4) is 0 Å². The highest BCUT2D eigenvalue weighted by molar-refractivity contribution is 5.52. The fourth-order valence-electron chi connectivity index (χ4n) is 3.83. The SMILES string of the molecule is CCC1CCC(CN2Cc3cccc(N)c3C2)CC1. The Balaban J connectivity index is 1.55. The molecule has 0 radical (unpaired) electrons. The third kappa shape index (κ3) is 2.79. The van der Waals surface area contributed by atoms with E-state index >= 15 is 0 Å². The van der Waals surface area contributed by atoms with Gasteiger partial charge in [-0.3, -0.25) is 4.90 Å². The molecule has 1 aromatic rings. The fourth-order valence-corrected chi connectivity index (χ4v) is 3.83. The van der Waals surface area contributed by atoms with Gasteiger partial charge in [0.25, 0.3) is 0 Å². The molecular weight excluding hydrogens is 232 g/mol. The normalized spacial score (nSPS) is 27.4. The van der Waals surface area contributed by atoms with Crippen LogP contribution in [0.1, 0.15) is 50.2 Å². The molecule has 3 rings (SSSR count). The molecule has 1 saturated carbocycles. The number of hydrogen-bond donors (Lipinski definition) is 1. The van der Waals surface area contributed by atoms with E-state index in [9.17, 15) is 0 Å². The number of hydrogen-bond acceptors (Lipinski definition) is 2. The van der Waals surface area contributed by atoms with Crippen molar-refractivity contribution in [2.24, 2.45) is 11.8 Å². The van der Waals surface area contributed by atoms with Crippen LogP contribution in [0, 0.1) is 11.8 Å². The Morgan fingerprint density at radius 1 is 1.11 bits per heavy atom. The maximum Gasteiger partial charge on any atom is 0.0363 e. The first-order valence-electron chi connectivity index (χ1n) is 7.85. The molecule has 2 N–H and O–H groups in total. The van der Waals surface area contributed by atoms with Crippen molar-refractivity contribution in [2.45, 2.75) is 52.1 Å². The van der Waals surface area contributed by atoms with Gasteiger partial charge in [-0.25, -0.2) is 0 Å². The summed E-state index contributed by atoms with van der Waals surface area (Å²) in [4.78, 5) is 2.60. The first kappa shape index (κ1) is 13.0. The molecule has 2 aliphatic rings. The van der Waals surface area contributed by atoms with Crippen molar-refractivity contribution >= 4 is 5.69 Å². The van der Waals surface area contributed by atoms with Crippen LogP contribution in [0.25, 0.3) is 0 Å². The fraction of sp³-hybridized carbons (Fsp3) is 0.647. The standard InChI is InChI=1S/C17H26N2/c1-2-13-6-8-14(9-7-13)10-19-11-15-4-3-5-17(18)16(15)12-19/h3-5,13-14H,2,6-12,18H2,1H3. The average Bonchev–Trinajstić information content (AvgIpc) is 2.84. The van der Waals surface area contributed by atoms with Gasteiger partial charge in [-0.05, 0) is 41.9 Å². The number of nitrogens with two attached hydrogens (primary N) is 1. The summed E-state index contributed by atoms with van der Waals surface area (Å²) in [5, 5.41) is 0. The van der Waals surface area contributed by atoms with Crippen LogP contribution in [-0.2, 0) is 13.1 Å². The lowest BCUT2D eigenvalue weighted by Crippen LogP contribution is -2.27. The lowest BCUT2D eigenvalue weighted by Gasteiger charge is -2.30. The second-order valence-electron chi connectivity index (χ2n) is 6.45. The van der Waals surface area contributed by atoms with Crippen molar-refractivity contribution in [1.29, 1.82) is 0 Å². The zero-order chi connectivity index (χ0) is 13.2. The van der Waals surface area contributed by atoms with Gasteiger partial charge in [0.2, 0.25) is 0 Å². The molecular formula is C17H26N2. The minimum atomic E-state index is 0.915. The van der Waals surface area contributed by atoms with Gasteiger partial charge in [-0.1, -0.05) is 38.3 Å². The summed E-state index contributed by atoms with van der Waals surface area (Å²) in [5.41, 5.74) is 9.88. The molecule has 0 amide bonds. The molecule has 1 aliphatic heterocycles. The minimum Gasteiger partial charge on any atom is -0.398 e. The largest absolute Gasteiger partial charge is 0.398 e. The molecule has 2 nitrogen and oxygen atoms in total. The lowest BCUT2D eigenvalue weighted by molar-refractivity contribution is 0.179. The molecule has 19 heavy (non-hydrogen) atoms. The first-order valence-corrected chi connectivity index (χ1v) is 7.85. The molecule has 0 aromatic heterocycles. The van der Waals surface area contributed by atoms with E-state index in [1.807, 2.05) is 6.07 Å². The Morgan fingerprint density at radius 3 is 2.53 bits per heavy atom. The number of benzene rings is 1. The zero-order valence-electron chi connectivity index (χ0n) is 12.1. The van der Waals surface area contributed by atoms with Crippen molar-refractivity contribution in [2.75, 3.05) is 12.3 Å². The molecule has 1 fully saturated rings. The van der Waals surface area contributed by atoms with Crippen molar-refractivity contribution in [3.05, 3.63) is 29.3 Å². The summed E-state index contributed by atoms with van der Waals surface area (Å²) in [6.45, 7) is 5.78. The van der Waals surface area contributed by atoms with E-state index < -0.39 is 0 Å². The third-order valence-corrected chi connectivity index (χ3v) is 5.15. The van der Waals surface area contributed by atoms with Gasteiger partial charge in [-0.15, -0.1) is 0 Å². The van der Waals surface area contributed by atoms with Gasteiger partial charge in [0, 0.05) is 25.3 Å². The number of nitrogens with zero attached hydrogens (tertiary/aromatic N) is 1. The average molecular weight is 258 g/mol. The van der Waals surface area contributed by atoms with Gasteiger partial charge < -0.3 is 5.73 Å². The Hall–Kier alpha value is -1.02. The quantitative estimate of drug-likeness (QED) is 0.836. The van der Waals surface area contributed by atoms with Crippen molar-refractivity contribution < 1.29 is 0 Å². The Bertz CT molecular complexity index is 433. The second-order valence-corrected chi connectivity index (χ2v) is 6.45. The molecule has 0 spiro atoms. The van der Waals surface area contributed by atoms with Crippen LogP contribution in [0.4, 0.5) is 5.69 Å². The Morgan fingerprint density at radius 2 is 1.84 bits per heavy atom. The molecule has 2 heteroatoms. The summed E-state index contributed by atoms with van der Waals surface area (Å²) in [5.74, 6) is 1.92. The lowest BCUT2D eigenvalue weighted by atomic mass is 9.80. The summed E-state index contributed by atoms with van der Waals surface area (Å²) < 4.78 is 0. The summed E-state index contributed by atoms with van der Waals surface area (Å²) in [7, 11) is 0. The summed E-state index contributed by atoms with van der Waals surface area (Å²) in [6.07, 6.45) is 7.13. The maximum absolute atomic E-state index is 6.08. The predicted octanol–water partition coefficient (Wildman–Crippen LogP) is 3.80. The molecule has 1 aliphatic carbocycles. The predicted molar refractivity (Wildman–Crippen MR) is 80.7 cm³/mol.